The standard InChI is InChI=1S/C22H27FO3/c1-16-17(2)21(25-14-19-11-7-4-8-12-19)22(23)26-20(16)15-24-13-18-9-5-3-6-10-18/h3-12,16-17,20-22H,13-15H2,1-2H3/t16-,17+,20?,21?,22-/m1/s1. The molecular formula is C22H27FO3. The number of alkyl halides is 1. The van der Waals surface area contributed by atoms with Crippen molar-refractivity contribution in [1.29, 1.82) is 0 Å². The number of hydrogen-bond acceptors (Lipinski definition) is 3. The molecule has 0 spiro atoms. The van der Waals surface area contributed by atoms with Crippen LogP contribution in [0.25, 0.3) is 0 Å². The summed E-state index contributed by atoms with van der Waals surface area (Å²) in [5.41, 5.74) is 2.14. The van der Waals surface area contributed by atoms with Gasteiger partial charge >= 0.3 is 0 Å². The van der Waals surface area contributed by atoms with Crippen molar-refractivity contribution in [3.63, 3.8) is 0 Å². The molecule has 26 heavy (non-hydrogen) atoms. The van der Waals surface area contributed by atoms with Crippen molar-refractivity contribution in [1.82, 2.24) is 0 Å². The maximum absolute atomic E-state index is 14.6. The third-order valence-corrected chi connectivity index (χ3v) is 5.18. The number of halogens is 1. The average Bonchev–Trinajstić information content (AvgIpc) is 2.67. The Morgan fingerprint density at radius 2 is 1.42 bits per heavy atom. The van der Waals surface area contributed by atoms with Crippen molar-refractivity contribution in [3.05, 3.63) is 71.8 Å². The van der Waals surface area contributed by atoms with Crippen LogP contribution in [0.3, 0.4) is 0 Å². The summed E-state index contributed by atoms with van der Waals surface area (Å²) >= 11 is 0. The van der Waals surface area contributed by atoms with Crippen LogP contribution in [0.1, 0.15) is 25.0 Å². The van der Waals surface area contributed by atoms with Crippen LogP contribution in [-0.2, 0) is 27.4 Å². The van der Waals surface area contributed by atoms with Crippen LogP contribution >= 0.6 is 0 Å². The van der Waals surface area contributed by atoms with E-state index in [0.717, 1.165) is 11.1 Å². The predicted octanol–water partition coefficient (Wildman–Crippen LogP) is 4.76. The molecule has 0 amide bonds. The second-order valence-electron chi connectivity index (χ2n) is 7.01. The van der Waals surface area contributed by atoms with Crippen molar-refractivity contribution < 1.29 is 18.6 Å². The van der Waals surface area contributed by atoms with Gasteiger partial charge < -0.3 is 14.2 Å². The van der Waals surface area contributed by atoms with E-state index in [1.807, 2.05) is 67.6 Å². The lowest BCUT2D eigenvalue weighted by Gasteiger charge is -2.41. The highest BCUT2D eigenvalue weighted by Crippen LogP contribution is 2.34. The third kappa shape index (κ3) is 4.91. The van der Waals surface area contributed by atoms with Gasteiger partial charge in [0.1, 0.15) is 6.10 Å². The first-order valence-electron chi connectivity index (χ1n) is 9.22. The molecule has 2 unspecified atom stereocenters. The maximum Gasteiger partial charge on any atom is 0.225 e. The molecule has 3 rings (SSSR count). The van der Waals surface area contributed by atoms with E-state index < -0.39 is 12.5 Å². The molecule has 1 aliphatic rings. The largest absolute Gasteiger partial charge is 0.374 e. The molecule has 140 valence electrons. The molecule has 0 bridgehead atoms. The van der Waals surface area contributed by atoms with Gasteiger partial charge in [0, 0.05) is 0 Å². The molecule has 1 aliphatic heterocycles. The molecule has 3 nitrogen and oxygen atoms in total. The molecule has 1 saturated heterocycles. The van der Waals surface area contributed by atoms with Gasteiger partial charge in [-0.05, 0) is 23.0 Å². The molecule has 2 aromatic rings. The van der Waals surface area contributed by atoms with Gasteiger partial charge in [0.15, 0.2) is 0 Å². The number of benzene rings is 2. The molecular weight excluding hydrogens is 331 g/mol. The number of rotatable bonds is 7. The van der Waals surface area contributed by atoms with E-state index in [4.69, 9.17) is 14.2 Å². The van der Waals surface area contributed by atoms with Crippen LogP contribution in [0.2, 0.25) is 0 Å². The van der Waals surface area contributed by atoms with E-state index in [1.54, 1.807) is 0 Å². The van der Waals surface area contributed by atoms with Gasteiger partial charge in [0.25, 0.3) is 0 Å². The van der Waals surface area contributed by atoms with Crippen molar-refractivity contribution in [2.45, 2.75) is 45.6 Å². The van der Waals surface area contributed by atoms with Gasteiger partial charge in [-0.2, -0.15) is 0 Å². The van der Waals surface area contributed by atoms with Crippen LogP contribution in [0.5, 0.6) is 0 Å². The third-order valence-electron chi connectivity index (χ3n) is 5.18. The fourth-order valence-corrected chi connectivity index (χ4v) is 3.30. The Labute approximate surface area is 155 Å². The van der Waals surface area contributed by atoms with E-state index in [1.165, 1.54) is 0 Å². The first kappa shape index (κ1) is 19.0. The minimum atomic E-state index is -1.43. The molecule has 0 saturated carbocycles. The monoisotopic (exact) mass is 358 g/mol. The average molecular weight is 358 g/mol. The van der Waals surface area contributed by atoms with Crippen LogP contribution in [0.15, 0.2) is 60.7 Å². The Hall–Kier alpha value is -1.75. The van der Waals surface area contributed by atoms with Crippen molar-refractivity contribution in [2.75, 3.05) is 6.61 Å². The van der Waals surface area contributed by atoms with E-state index in [-0.39, 0.29) is 17.9 Å². The molecule has 1 fully saturated rings. The lowest BCUT2D eigenvalue weighted by molar-refractivity contribution is -0.244. The van der Waals surface area contributed by atoms with E-state index in [0.29, 0.717) is 19.8 Å². The first-order chi connectivity index (χ1) is 12.6. The van der Waals surface area contributed by atoms with Gasteiger partial charge in [-0.3, -0.25) is 0 Å². The van der Waals surface area contributed by atoms with E-state index in [9.17, 15) is 4.39 Å². The van der Waals surface area contributed by atoms with Crippen molar-refractivity contribution in [2.24, 2.45) is 11.8 Å². The zero-order valence-electron chi connectivity index (χ0n) is 15.4. The smallest absolute Gasteiger partial charge is 0.225 e. The molecule has 0 N–H and O–H groups in total. The normalized spacial score (nSPS) is 28.8. The number of hydrogen-bond donors (Lipinski definition) is 0. The topological polar surface area (TPSA) is 27.7 Å². The molecule has 5 atom stereocenters. The summed E-state index contributed by atoms with van der Waals surface area (Å²) in [5, 5.41) is 0. The molecule has 0 aromatic heterocycles. The summed E-state index contributed by atoms with van der Waals surface area (Å²) in [7, 11) is 0. The fraction of sp³-hybridized carbons (Fsp3) is 0.455. The van der Waals surface area contributed by atoms with Gasteiger partial charge in [-0.15, -0.1) is 0 Å². The molecule has 0 aliphatic carbocycles. The van der Waals surface area contributed by atoms with Gasteiger partial charge in [-0.1, -0.05) is 74.5 Å². The quantitative estimate of drug-likeness (QED) is 0.714. The summed E-state index contributed by atoms with van der Waals surface area (Å²) in [6.45, 7) is 5.38. The summed E-state index contributed by atoms with van der Waals surface area (Å²) in [4.78, 5) is 0. The molecule has 2 aromatic carbocycles. The maximum atomic E-state index is 14.6. The zero-order chi connectivity index (χ0) is 18.4. The van der Waals surface area contributed by atoms with Crippen molar-refractivity contribution in [3.8, 4) is 0 Å². The minimum Gasteiger partial charge on any atom is -0.374 e. The Morgan fingerprint density at radius 3 is 2.04 bits per heavy atom. The SMILES string of the molecule is C[C@@H]1C(OCc2ccccc2)[C@H](F)OC(COCc2ccccc2)[C@@H]1C. The highest BCUT2D eigenvalue weighted by molar-refractivity contribution is 5.14. The van der Waals surface area contributed by atoms with Gasteiger partial charge in [0.05, 0.1) is 25.9 Å². The second kappa shape index (κ2) is 9.26. The minimum absolute atomic E-state index is 0.0489. The highest BCUT2D eigenvalue weighted by Gasteiger charge is 2.42. The summed E-state index contributed by atoms with van der Waals surface area (Å²) in [5.74, 6) is 0.200. The Bertz CT molecular complexity index is 647. The zero-order valence-corrected chi connectivity index (χ0v) is 15.4. The van der Waals surface area contributed by atoms with Crippen LogP contribution in [-0.4, -0.2) is 25.2 Å². The first-order valence-corrected chi connectivity index (χ1v) is 9.22. The molecule has 1 heterocycles. The van der Waals surface area contributed by atoms with Gasteiger partial charge in [-0.25, -0.2) is 4.39 Å². The summed E-state index contributed by atoms with van der Waals surface area (Å²) in [6, 6.07) is 19.8. The van der Waals surface area contributed by atoms with Crippen molar-refractivity contribution >= 4 is 0 Å². The van der Waals surface area contributed by atoms with E-state index in [2.05, 4.69) is 6.92 Å². The Morgan fingerprint density at radius 1 is 0.846 bits per heavy atom. The van der Waals surface area contributed by atoms with Gasteiger partial charge in [0.2, 0.25) is 6.36 Å². The predicted molar refractivity (Wildman–Crippen MR) is 99.2 cm³/mol. The summed E-state index contributed by atoms with van der Waals surface area (Å²) in [6.07, 6.45) is -2.26. The second-order valence-corrected chi connectivity index (χ2v) is 7.01. The Kier molecular flexibility index (Phi) is 6.78. The Balaban J connectivity index is 1.49. The number of ether oxygens (including phenoxy) is 3. The molecule has 0 radical (unpaired) electrons. The van der Waals surface area contributed by atoms with Crippen LogP contribution in [0.4, 0.5) is 4.39 Å². The lowest BCUT2D eigenvalue weighted by Crippen LogP contribution is -2.50. The molecule has 4 heteroatoms. The van der Waals surface area contributed by atoms with Crippen LogP contribution in [0, 0.1) is 11.8 Å². The van der Waals surface area contributed by atoms with E-state index >= 15 is 0 Å². The van der Waals surface area contributed by atoms with Crippen LogP contribution < -0.4 is 0 Å². The summed E-state index contributed by atoms with van der Waals surface area (Å²) < 4.78 is 31.8. The fourth-order valence-electron chi connectivity index (χ4n) is 3.30. The lowest BCUT2D eigenvalue weighted by atomic mass is 9.84. The highest BCUT2D eigenvalue weighted by atomic mass is 19.1.